The number of hydrogen-bond acceptors (Lipinski definition) is 3. The summed E-state index contributed by atoms with van der Waals surface area (Å²) in [6.45, 7) is 12.2. The Hall–Kier alpha value is -1.37. The maximum absolute atomic E-state index is 11.9. The smallest absolute Gasteiger partial charge is 0.233 e. The van der Waals surface area contributed by atoms with Crippen molar-refractivity contribution in [3.8, 4) is 0 Å². The second-order valence-electron chi connectivity index (χ2n) is 6.01. The minimum absolute atomic E-state index is 0.00462. The Morgan fingerprint density at radius 1 is 1.16 bits per heavy atom. The molecule has 0 heterocycles. The SMILES string of the molecule is C=C(C)CN(CCCCNS(=O)(=O)/C=C/C(C)=C/C=C(\C)Cl)C(C)=O. The molecule has 0 aliphatic heterocycles. The summed E-state index contributed by atoms with van der Waals surface area (Å²) < 4.78 is 26.3. The van der Waals surface area contributed by atoms with E-state index in [1.807, 2.05) is 6.92 Å². The van der Waals surface area contributed by atoms with Gasteiger partial charge in [-0.2, -0.15) is 0 Å². The minimum atomic E-state index is -3.47. The van der Waals surface area contributed by atoms with Crippen molar-refractivity contribution in [2.45, 2.75) is 40.5 Å². The van der Waals surface area contributed by atoms with Crippen LogP contribution in [0.4, 0.5) is 0 Å². The predicted octanol–water partition coefficient (Wildman–Crippen LogP) is 3.71. The number of unbranched alkanes of at least 4 members (excludes halogenated alkanes) is 1. The number of hydrogen-bond donors (Lipinski definition) is 1. The van der Waals surface area contributed by atoms with Crippen LogP contribution in [0.1, 0.15) is 40.5 Å². The van der Waals surface area contributed by atoms with E-state index in [1.54, 1.807) is 30.9 Å². The second-order valence-corrected chi connectivity index (χ2v) is 8.26. The number of carbonyl (C=O) groups excluding carboxylic acids is 1. The molecule has 0 aromatic carbocycles. The molecule has 0 aliphatic rings. The van der Waals surface area contributed by atoms with E-state index in [0.29, 0.717) is 31.1 Å². The average molecular weight is 389 g/mol. The van der Waals surface area contributed by atoms with Crippen LogP contribution in [0.2, 0.25) is 0 Å². The molecule has 0 fully saturated rings. The number of nitrogens with zero attached hydrogens (tertiary/aromatic N) is 1. The number of rotatable bonds is 11. The van der Waals surface area contributed by atoms with Crippen LogP contribution >= 0.6 is 11.6 Å². The number of halogens is 1. The Bertz CT molecular complexity index is 645. The van der Waals surface area contributed by atoms with Gasteiger partial charge in [0.05, 0.1) is 0 Å². The molecule has 5 nitrogen and oxygen atoms in total. The molecule has 0 radical (unpaired) electrons. The molecule has 0 aromatic rings. The molecule has 0 spiro atoms. The molecule has 0 saturated carbocycles. The van der Waals surface area contributed by atoms with E-state index < -0.39 is 10.0 Å². The molecule has 25 heavy (non-hydrogen) atoms. The van der Waals surface area contributed by atoms with E-state index in [0.717, 1.165) is 23.0 Å². The van der Waals surface area contributed by atoms with Crippen molar-refractivity contribution in [3.05, 3.63) is 46.4 Å². The Morgan fingerprint density at radius 3 is 2.32 bits per heavy atom. The lowest BCUT2D eigenvalue weighted by Gasteiger charge is -2.21. The molecule has 0 aromatic heterocycles. The zero-order valence-corrected chi connectivity index (χ0v) is 17.1. The van der Waals surface area contributed by atoms with Gasteiger partial charge < -0.3 is 4.90 Å². The van der Waals surface area contributed by atoms with Crippen LogP contribution in [0.15, 0.2) is 46.4 Å². The van der Waals surface area contributed by atoms with Gasteiger partial charge in [-0.1, -0.05) is 35.4 Å². The summed E-state index contributed by atoms with van der Waals surface area (Å²) in [6.07, 6.45) is 6.33. The highest BCUT2D eigenvalue weighted by atomic mass is 35.5. The van der Waals surface area contributed by atoms with Gasteiger partial charge in [0.2, 0.25) is 15.9 Å². The molecule has 0 rings (SSSR count). The molecular weight excluding hydrogens is 360 g/mol. The van der Waals surface area contributed by atoms with Gasteiger partial charge in [-0.25, -0.2) is 13.1 Å². The maximum atomic E-state index is 11.9. The standard InChI is InChI=1S/C18H29ClN2O3S/c1-15(2)14-21(18(5)22)12-7-6-11-20-25(23,24)13-10-16(3)8-9-17(4)19/h8-10,13,20H,1,6-7,11-12,14H2,2-5H3/b13-10+,16-8+,17-9+. The van der Waals surface area contributed by atoms with Crippen molar-refractivity contribution in [1.82, 2.24) is 9.62 Å². The van der Waals surface area contributed by atoms with E-state index in [1.165, 1.54) is 13.0 Å². The van der Waals surface area contributed by atoms with Gasteiger partial charge in [0.25, 0.3) is 0 Å². The van der Waals surface area contributed by atoms with Crippen LogP contribution < -0.4 is 4.72 Å². The Balaban J connectivity index is 4.30. The lowest BCUT2D eigenvalue weighted by atomic mass is 10.2. The van der Waals surface area contributed by atoms with Crippen LogP contribution in [0.5, 0.6) is 0 Å². The van der Waals surface area contributed by atoms with Crippen LogP contribution in [0.25, 0.3) is 0 Å². The third kappa shape index (κ3) is 13.6. The first kappa shape index (κ1) is 23.6. The van der Waals surface area contributed by atoms with Crippen molar-refractivity contribution in [2.24, 2.45) is 0 Å². The Labute approximate surface area is 157 Å². The summed E-state index contributed by atoms with van der Waals surface area (Å²) in [6, 6.07) is 0. The van der Waals surface area contributed by atoms with Crippen molar-refractivity contribution < 1.29 is 13.2 Å². The third-order valence-corrected chi connectivity index (χ3v) is 4.38. The summed E-state index contributed by atoms with van der Waals surface area (Å²) in [4.78, 5) is 13.2. The molecule has 7 heteroatoms. The van der Waals surface area contributed by atoms with E-state index in [4.69, 9.17) is 11.6 Å². The molecule has 0 atom stereocenters. The predicted molar refractivity (Wildman–Crippen MR) is 106 cm³/mol. The normalized spacial score (nSPS) is 13.3. The Morgan fingerprint density at radius 2 is 1.80 bits per heavy atom. The second kappa shape index (κ2) is 12.1. The first-order valence-corrected chi connectivity index (χ1v) is 10.0. The number of amides is 1. The van der Waals surface area contributed by atoms with Crippen LogP contribution in [-0.2, 0) is 14.8 Å². The summed E-state index contributed by atoms with van der Waals surface area (Å²) in [7, 11) is -3.47. The molecule has 0 aliphatic carbocycles. The lowest BCUT2D eigenvalue weighted by molar-refractivity contribution is -0.128. The fourth-order valence-electron chi connectivity index (χ4n) is 1.86. The number of nitrogens with one attached hydrogen (secondary N) is 1. The zero-order valence-electron chi connectivity index (χ0n) is 15.5. The van der Waals surface area contributed by atoms with Gasteiger partial charge in [-0.05, 0) is 45.8 Å². The molecule has 1 amide bonds. The van der Waals surface area contributed by atoms with Gasteiger partial charge in [-0.15, -0.1) is 0 Å². The van der Waals surface area contributed by atoms with Gasteiger partial charge in [0, 0.05) is 37.0 Å². The van der Waals surface area contributed by atoms with Gasteiger partial charge in [-0.3, -0.25) is 4.79 Å². The third-order valence-electron chi connectivity index (χ3n) is 3.15. The first-order chi connectivity index (χ1) is 11.5. The number of sulfonamides is 1. The van der Waals surface area contributed by atoms with E-state index >= 15 is 0 Å². The van der Waals surface area contributed by atoms with E-state index in [-0.39, 0.29) is 5.91 Å². The summed E-state index contributed by atoms with van der Waals surface area (Å²) in [5.74, 6) is -0.00462. The largest absolute Gasteiger partial charge is 0.339 e. The summed E-state index contributed by atoms with van der Waals surface area (Å²) in [5, 5.41) is 1.76. The molecule has 0 saturated heterocycles. The molecule has 1 N–H and O–H groups in total. The highest BCUT2D eigenvalue weighted by Crippen LogP contribution is 2.04. The number of allylic oxidation sites excluding steroid dienone is 5. The first-order valence-electron chi connectivity index (χ1n) is 8.12. The zero-order chi connectivity index (χ0) is 19.5. The van der Waals surface area contributed by atoms with Crippen LogP contribution in [0.3, 0.4) is 0 Å². The summed E-state index contributed by atoms with van der Waals surface area (Å²) >= 11 is 5.71. The molecule has 0 bridgehead atoms. The molecule has 0 unspecified atom stereocenters. The quantitative estimate of drug-likeness (QED) is 0.333. The van der Waals surface area contributed by atoms with E-state index in [9.17, 15) is 13.2 Å². The van der Waals surface area contributed by atoms with E-state index in [2.05, 4.69) is 11.3 Å². The summed E-state index contributed by atoms with van der Waals surface area (Å²) in [5.41, 5.74) is 1.70. The van der Waals surface area contributed by atoms with Gasteiger partial charge in [0.1, 0.15) is 0 Å². The highest BCUT2D eigenvalue weighted by Gasteiger charge is 2.08. The fourth-order valence-corrected chi connectivity index (χ4v) is 2.84. The van der Waals surface area contributed by atoms with Crippen molar-refractivity contribution in [3.63, 3.8) is 0 Å². The fraction of sp³-hybridized carbons (Fsp3) is 0.500. The maximum Gasteiger partial charge on any atom is 0.233 e. The van der Waals surface area contributed by atoms with Crippen molar-refractivity contribution in [1.29, 1.82) is 0 Å². The molecule has 142 valence electrons. The van der Waals surface area contributed by atoms with Gasteiger partial charge in [0.15, 0.2) is 0 Å². The van der Waals surface area contributed by atoms with Crippen molar-refractivity contribution >= 4 is 27.5 Å². The highest BCUT2D eigenvalue weighted by molar-refractivity contribution is 7.92. The topological polar surface area (TPSA) is 66.5 Å². The van der Waals surface area contributed by atoms with Gasteiger partial charge >= 0.3 is 0 Å². The lowest BCUT2D eigenvalue weighted by Crippen LogP contribution is -2.31. The molecular formula is C18H29ClN2O3S. The van der Waals surface area contributed by atoms with Crippen molar-refractivity contribution in [2.75, 3.05) is 19.6 Å². The van der Waals surface area contributed by atoms with Crippen LogP contribution in [0, 0.1) is 0 Å². The minimum Gasteiger partial charge on any atom is -0.339 e. The Kier molecular flexibility index (Phi) is 11.4. The monoisotopic (exact) mass is 388 g/mol. The average Bonchev–Trinajstić information content (AvgIpc) is 2.48. The number of carbonyl (C=O) groups is 1. The van der Waals surface area contributed by atoms with Crippen LogP contribution in [-0.4, -0.2) is 38.9 Å².